The molecule has 0 saturated carbocycles. The summed E-state index contributed by atoms with van der Waals surface area (Å²) in [5.41, 5.74) is 4.29. The van der Waals surface area contributed by atoms with E-state index in [1.807, 2.05) is 24.3 Å². The van der Waals surface area contributed by atoms with Gasteiger partial charge in [0, 0.05) is 16.3 Å². The summed E-state index contributed by atoms with van der Waals surface area (Å²) in [4.78, 5) is 0. The van der Waals surface area contributed by atoms with Crippen molar-refractivity contribution in [1.82, 2.24) is 5.43 Å². The van der Waals surface area contributed by atoms with E-state index in [0.717, 1.165) is 17.0 Å². The van der Waals surface area contributed by atoms with Crippen molar-refractivity contribution in [2.75, 3.05) is 12.4 Å². The van der Waals surface area contributed by atoms with E-state index in [1.54, 1.807) is 31.5 Å². The molecule has 0 spiro atoms. The third-order valence-corrected chi connectivity index (χ3v) is 3.44. The van der Waals surface area contributed by atoms with Gasteiger partial charge < -0.3 is 10.1 Å². The number of methoxy groups -OCH3 is 1. The first-order valence-corrected chi connectivity index (χ1v) is 7.44. The Labute approximate surface area is 144 Å². The van der Waals surface area contributed by atoms with Gasteiger partial charge in [-0.1, -0.05) is 29.3 Å². The number of hydrazone groups is 1. The molecule has 0 fully saturated rings. The second-order valence-corrected chi connectivity index (χ2v) is 5.47. The van der Waals surface area contributed by atoms with Crippen LogP contribution in [0.15, 0.2) is 47.6 Å². The molecule has 114 valence electrons. The van der Waals surface area contributed by atoms with Crippen LogP contribution in [-0.2, 0) is 0 Å². The van der Waals surface area contributed by atoms with Gasteiger partial charge in [-0.15, -0.1) is 0 Å². The molecule has 4 nitrogen and oxygen atoms in total. The number of anilines is 1. The highest BCUT2D eigenvalue weighted by molar-refractivity contribution is 7.80. The summed E-state index contributed by atoms with van der Waals surface area (Å²) in [5, 5.41) is 8.49. The second kappa shape index (κ2) is 7.98. The van der Waals surface area contributed by atoms with Crippen LogP contribution in [0.3, 0.4) is 0 Å². The fraction of sp³-hybridized carbons (Fsp3) is 0.0667. The molecule has 2 N–H and O–H groups in total. The first-order chi connectivity index (χ1) is 10.6. The SMILES string of the molecule is COc1ccc(NC(=S)N/N=C\c2ccc(Cl)cc2Cl)cc1. The smallest absolute Gasteiger partial charge is 0.191 e. The molecule has 0 aliphatic heterocycles. The van der Waals surface area contributed by atoms with Gasteiger partial charge in [0.15, 0.2) is 5.11 Å². The van der Waals surface area contributed by atoms with Crippen LogP contribution in [0.2, 0.25) is 10.0 Å². The third-order valence-electron chi connectivity index (χ3n) is 2.68. The van der Waals surface area contributed by atoms with Gasteiger partial charge in [0.1, 0.15) is 5.75 Å². The van der Waals surface area contributed by atoms with E-state index in [0.29, 0.717) is 15.2 Å². The van der Waals surface area contributed by atoms with Gasteiger partial charge in [0.05, 0.1) is 18.3 Å². The number of nitrogens with zero attached hydrogens (tertiary/aromatic N) is 1. The van der Waals surface area contributed by atoms with Crippen molar-refractivity contribution in [3.63, 3.8) is 0 Å². The number of ether oxygens (including phenoxy) is 1. The van der Waals surface area contributed by atoms with E-state index >= 15 is 0 Å². The van der Waals surface area contributed by atoms with E-state index in [9.17, 15) is 0 Å². The number of halogens is 2. The van der Waals surface area contributed by atoms with E-state index in [2.05, 4.69) is 15.8 Å². The first-order valence-electron chi connectivity index (χ1n) is 6.27. The van der Waals surface area contributed by atoms with Gasteiger partial charge in [0.25, 0.3) is 0 Å². The van der Waals surface area contributed by atoms with Crippen molar-refractivity contribution in [3.05, 3.63) is 58.1 Å². The molecule has 0 amide bonds. The summed E-state index contributed by atoms with van der Waals surface area (Å²) in [5.74, 6) is 0.778. The molecule has 2 rings (SSSR count). The normalized spacial score (nSPS) is 10.5. The van der Waals surface area contributed by atoms with Crippen molar-refractivity contribution < 1.29 is 4.74 Å². The highest BCUT2D eigenvalue weighted by Gasteiger charge is 1.99. The zero-order chi connectivity index (χ0) is 15.9. The lowest BCUT2D eigenvalue weighted by molar-refractivity contribution is 0.415. The van der Waals surface area contributed by atoms with Gasteiger partial charge in [-0.3, -0.25) is 5.43 Å². The Morgan fingerprint density at radius 3 is 2.55 bits per heavy atom. The van der Waals surface area contributed by atoms with Crippen LogP contribution in [0, 0.1) is 0 Å². The summed E-state index contributed by atoms with van der Waals surface area (Å²) in [6, 6.07) is 12.5. The molecule has 0 heterocycles. The number of thiocarbonyl (C=S) groups is 1. The monoisotopic (exact) mass is 353 g/mol. The van der Waals surface area contributed by atoms with Crippen LogP contribution in [0.1, 0.15) is 5.56 Å². The minimum atomic E-state index is 0.367. The second-order valence-electron chi connectivity index (χ2n) is 4.22. The number of hydrogen-bond acceptors (Lipinski definition) is 3. The van der Waals surface area contributed by atoms with Crippen LogP contribution in [0.5, 0.6) is 5.75 Å². The lowest BCUT2D eigenvalue weighted by Crippen LogP contribution is -2.23. The lowest BCUT2D eigenvalue weighted by Gasteiger charge is -2.07. The van der Waals surface area contributed by atoms with Gasteiger partial charge in [-0.2, -0.15) is 5.10 Å². The van der Waals surface area contributed by atoms with Crippen LogP contribution >= 0.6 is 35.4 Å². The van der Waals surface area contributed by atoms with Crippen LogP contribution < -0.4 is 15.5 Å². The molecule has 0 aromatic heterocycles. The standard InChI is InChI=1S/C15H13Cl2N3OS/c1-21-13-6-4-12(5-7-13)19-15(22)20-18-9-10-2-3-11(16)8-14(10)17/h2-9H,1H3,(H2,19,20,22)/b18-9-. The predicted octanol–water partition coefficient (Wildman–Crippen LogP) is 4.32. The Morgan fingerprint density at radius 2 is 1.91 bits per heavy atom. The van der Waals surface area contributed by atoms with Crippen molar-refractivity contribution in [3.8, 4) is 5.75 Å². The topological polar surface area (TPSA) is 45.6 Å². The maximum absolute atomic E-state index is 6.04. The number of hydrogen-bond donors (Lipinski definition) is 2. The average Bonchev–Trinajstić information content (AvgIpc) is 2.50. The molecular weight excluding hydrogens is 341 g/mol. The molecule has 0 atom stereocenters. The van der Waals surface area contributed by atoms with E-state index in [1.165, 1.54) is 0 Å². The molecule has 0 aliphatic rings. The summed E-state index contributed by atoms with van der Waals surface area (Å²) >= 11 is 17.0. The maximum atomic E-state index is 6.04. The fourth-order valence-corrected chi connectivity index (χ4v) is 2.23. The molecule has 0 radical (unpaired) electrons. The van der Waals surface area contributed by atoms with Gasteiger partial charge in [-0.05, 0) is 48.6 Å². The van der Waals surface area contributed by atoms with Crippen LogP contribution in [-0.4, -0.2) is 18.4 Å². The molecule has 0 aliphatic carbocycles. The van der Waals surface area contributed by atoms with Crippen molar-refractivity contribution in [2.45, 2.75) is 0 Å². The average molecular weight is 354 g/mol. The molecule has 7 heteroatoms. The Bertz CT molecular complexity index is 690. The molecule has 0 bridgehead atoms. The quantitative estimate of drug-likeness (QED) is 0.488. The molecule has 22 heavy (non-hydrogen) atoms. The summed E-state index contributed by atoms with van der Waals surface area (Å²) in [7, 11) is 1.62. The first kappa shape index (κ1) is 16.5. The molecule has 2 aromatic carbocycles. The Balaban J connectivity index is 1.90. The number of rotatable bonds is 4. The number of benzene rings is 2. The fourth-order valence-electron chi connectivity index (χ4n) is 1.60. The zero-order valence-corrected chi connectivity index (χ0v) is 14.0. The van der Waals surface area contributed by atoms with Crippen molar-refractivity contribution >= 4 is 52.4 Å². The van der Waals surface area contributed by atoms with E-state index in [-0.39, 0.29) is 0 Å². The maximum Gasteiger partial charge on any atom is 0.191 e. The molecule has 0 saturated heterocycles. The molecule has 2 aromatic rings. The third kappa shape index (κ3) is 4.87. The van der Waals surface area contributed by atoms with Gasteiger partial charge in [0.2, 0.25) is 0 Å². The minimum absolute atomic E-state index is 0.367. The van der Waals surface area contributed by atoms with Crippen molar-refractivity contribution in [1.29, 1.82) is 0 Å². The number of nitrogens with one attached hydrogen (secondary N) is 2. The predicted molar refractivity (Wildman–Crippen MR) is 96.4 cm³/mol. The summed E-state index contributed by atoms with van der Waals surface area (Å²) < 4.78 is 5.09. The largest absolute Gasteiger partial charge is 0.497 e. The summed E-state index contributed by atoms with van der Waals surface area (Å²) in [6.45, 7) is 0. The Hall–Kier alpha value is -1.82. The summed E-state index contributed by atoms with van der Waals surface area (Å²) in [6.07, 6.45) is 1.57. The molecule has 0 unspecified atom stereocenters. The zero-order valence-electron chi connectivity index (χ0n) is 11.6. The van der Waals surface area contributed by atoms with Gasteiger partial charge >= 0.3 is 0 Å². The highest BCUT2D eigenvalue weighted by atomic mass is 35.5. The van der Waals surface area contributed by atoms with Crippen molar-refractivity contribution in [2.24, 2.45) is 5.10 Å². The van der Waals surface area contributed by atoms with E-state index in [4.69, 9.17) is 40.2 Å². The van der Waals surface area contributed by atoms with Crippen LogP contribution in [0.25, 0.3) is 0 Å². The minimum Gasteiger partial charge on any atom is -0.497 e. The Kier molecular flexibility index (Phi) is 6.00. The highest BCUT2D eigenvalue weighted by Crippen LogP contribution is 2.19. The molecular formula is C15H13Cl2N3OS. The van der Waals surface area contributed by atoms with Gasteiger partial charge in [-0.25, -0.2) is 0 Å². The van der Waals surface area contributed by atoms with E-state index < -0.39 is 0 Å². The van der Waals surface area contributed by atoms with Crippen LogP contribution in [0.4, 0.5) is 5.69 Å². The lowest BCUT2D eigenvalue weighted by atomic mass is 10.2. The Morgan fingerprint density at radius 1 is 1.18 bits per heavy atom.